The number of para-hydroxylation sites is 1. The van der Waals surface area contributed by atoms with Crippen LogP contribution in [0.25, 0.3) is 16.6 Å². The van der Waals surface area contributed by atoms with Crippen LogP contribution in [0.5, 0.6) is 5.75 Å². The molecule has 0 radical (unpaired) electrons. The summed E-state index contributed by atoms with van der Waals surface area (Å²) in [6.45, 7) is 11.6. The minimum absolute atomic E-state index is 0.0203. The Bertz CT molecular complexity index is 1710. The molecular formula is C36H42ClN5O4. The second kappa shape index (κ2) is 14.8. The van der Waals surface area contributed by atoms with E-state index in [1.165, 1.54) is 5.56 Å². The van der Waals surface area contributed by atoms with E-state index in [4.69, 9.17) is 26.1 Å². The van der Waals surface area contributed by atoms with E-state index in [9.17, 15) is 9.59 Å². The van der Waals surface area contributed by atoms with Crippen LogP contribution in [0.3, 0.4) is 0 Å². The van der Waals surface area contributed by atoms with Gasteiger partial charge in [0.05, 0.1) is 36.3 Å². The predicted molar refractivity (Wildman–Crippen MR) is 181 cm³/mol. The molecule has 0 aliphatic carbocycles. The molecule has 0 bridgehead atoms. The predicted octanol–water partition coefficient (Wildman–Crippen LogP) is 4.79. The number of halogens is 1. The minimum atomic E-state index is -0.0558. The Labute approximate surface area is 275 Å². The molecule has 1 aromatic heterocycles. The maximum Gasteiger partial charge on any atom is 0.266 e. The first-order chi connectivity index (χ1) is 22.3. The Balaban J connectivity index is 1.23. The number of aromatic nitrogens is 2. The molecule has 4 aromatic rings. The summed E-state index contributed by atoms with van der Waals surface area (Å²) in [6, 6.07) is 21.1. The van der Waals surface area contributed by atoms with Gasteiger partial charge in [0, 0.05) is 50.8 Å². The number of hydrogen-bond donors (Lipinski definition) is 0. The SMILES string of the molecule is CC(C)Cc1cc(CN2CCOCC2)ccc1-n1c(CN2CCN(C(=O)COc3ccc(Cl)cc3)CC2)nc2ccccc2c1=O. The second-order valence-corrected chi connectivity index (χ2v) is 13.0. The first kappa shape index (κ1) is 32.2. The number of hydrogen-bond acceptors (Lipinski definition) is 7. The molecule has 3 heterocycles. The van der Waals surface area contributed by atoms with Crippen molar-refractivity contribution in [3.63, 3.8) is 0 Å². The molecule has 0 unspecified atom stereocenters. The van der Waals surface area contributed by atoms with Crippen molar-refractivity contribution < 1.29 is 14.3 Å². The van der Waals surface area contributed by atoms with E-state index < -0.39 is 0 Å². The van der Waals surface area contributed by atoms with Crippen LogP contribution in [0, 0.1) is 5.92 Å². The van der Waals surface area contributed by atoms with Gasteiger partial charge in [-0.05, 0) is 65.9 Å². The van der Waals surface area contributed by atoms with Crippen molar-refractivity contribution in [3.8, 4) is 11.4 Å². The van der Waals surface area contributed by atoms with Crippen LogP contribution in [0.1, 0.15) is 30.8 Å². The van der Waals surface area contributed by atoms with Crippen molar-refractivity contribution in [1.82, 2.24) is 24.3 Å². The summed E-state index contributed by atoms with van der Waals surface area (Å²) < 4.78 is 13.1. The molecular weight excluding hydrogens is 602 g/mol. The quantitative estimate of drug-likeness (QED) is 0.246. The summed E-state index contributed by atoms with van der Waals surface area (Å²) in [5, 5.41) is 1.23. The lowest BCUT2D eigenvalue weighted by atomic mass is 9.98. The summed E-state index contributed by atoms with van der Waals surface area (Å²) >= 11 is 5.95. The van der Waals surface area contributed by atoms with Crippen molar-refractivity contribution in [2.45, 2.75) is 33.4 Å². The highest BCUT2D eigenvalue weighted by atomic mass is 35.5. The normalized spacial score (nSPS) is 16.3. The molecule has 2 fully saturated rings. The van der Waals surface area contributed by atoms with Gasteiger partial charge < -0.3 is 14.4 Å². The molecule has 1 amide bonds. The Morgan fingerprint density at radius 1 is 0.913 bits per heavy atom. The fourth-order valence-electron chi connectivity index (χ4n) is 6.23. The summed E-state index contributed by atoms with van der Waals surface area (Å²) in [4.78, 5) is 38.7. The average molecular weight is 644 g/mol. The molecule has 2 saturated heterocycles. The lowest BCUT2D eigenvalue weighted by Crippen LogP contribution is -2.50. The zero-order valence-electron chi connectivity index (χ0n) is 26.7. The van der Waals surface area contributed by atoms with Crippen LogP contribution < -0.4 is 10.3 Å². The van der Waals surface area contributed by atoms with Crippen LogP contribution in [0.4, 0.5) is 0 Å². The van der Waals surface area contributed by atoms with Gasteiger partial charge in [-0.1, -0.05) is 49.7 Å². The second-order valence-electron chi connectivity index (χ2n) is 12.5. The lowest BCUT2D eigenvalue weighted by molar-refractivity contribution is -0.135. The Morgan fingerprint density at radius 3 is 2.37 bits per heavy atom. The van der Waals surface area contributed by atoms with Crippen molar-refractivity contribution in [2.24, 2.45) is 5.92 Å². The zero-order valence-corrected chi connectivity index (χ0v) is 27.4. The molecule has 6 rings (SSSR count). The highest BCUT2D eigenvalue weighted by molar-refractivity contribution is 6.30. The number of carbonyl (C=O) groups is 1. The number of benzene rings is 3. The zero-order chi connectivity index (χ0) is 32.0. The van der Waals surface area contributed by atoms with Crippen molar-refractivity contribution in [1.29, 1.82) is 0 Å². The summed E-state index contributed by atoms with van der Waals surface area (Å²) in [6.07, 6.45) is 0.851. The summed E-state index contributed by atoms with van der Waals surface area (Å²) in [5.74, 6) is 1.69. The van der Waals surface area contributed by atoms with E-state index in [1.54, 1.807) is 24.3 Å². The fourth-order valence-corrected chi connectivity index (χ4v) is 6.36. The number of nitrogens with zero attached hydrogens (tertiary/aromatic N) is 5. The molecule has 2 aliphatic heterocycles. The van der Waals surface area contributed by atoms with Gasteiger partial charge in [0.15, 0.2) is 6.61 Å². The maximum atomic E-state index is 14.2. The molecule has 0 N–H and O–H groups in total. The Kier molecular flexibility index (Phi) is 10.3. The van der Waals surface area contributed by atoms with Gasteiger partial charge in [0.1, 0.15) is 11.6 Å². The van der Waals surface area contributed by atoms with Gasteiger partial charge in [0.25, 0.3) is 11.5 Å². The van der Waals surface area contributed by atoms with Crippen LogP contribution in [0.2, 0.25) is 5.02 Å². The number of carbonyl (C=O) groups excluding carboxylic acids is 1. The average Bonchev–Trinajstić information content (AvgIpc) is 3.06. The third-order valence-electron chi connectivity index (χ3n) is 8.63. The largest absolute Gasteiger partial charge is 0.484 e. The number of fused-ring (bicyclic) bond motifs is 1. The highest BCUT2D eigenvalue weighted by Crippen LogP contribution is 2.24. The molecule has 0 spiro atoms. The molecule has 242 valence electrons. The molecule has 2 aliphatic rings. The summed E-state index contributed by atoms with van der Waals surface area (Å²) in [7, 11) is 0. The van der Waals surface area contributed by atoms with Crippen molar-refractivity contribution in [2.75, 3.05) is 59.1 Å². The summed E-state index contributed by atoms with van der Waals surface area (Å²) in [5.41, 5.74) is 3.93. The Morgan fingerprint density at radius 2 is 1.63 bits per heavy atom. The van der Waals surface area contributed by atoms with E-state index in [2.05, 4.69) is 41.8 Å². The van der Waals surface area contributed by atoms with Crippen LogP contribution >= 0.6 is 11.6 Å². The minimum Gasteiger partial charge on any atom is -0.484 e. The topological polar surface area (TPSA) is 80.1 Å². The van der Waals surface area contributed by atoms with Crippen LogP contribution in [0.15, 0.2) is 71.5 Å². The number of rotatable bonds is 10. The fraction of sp³-hybridized carbons (Fsp3) is 0.417. The third-order valence-corrected chi connectivity index (χ3v) is 8.89. The Hall–Kier alpha value is -3.76. The maximum absolute atomic E-state index is 14.2. The van der Waals surface area contributed by atoms with E-state index in [1.807, 2.05) is 33.7 Å². The van der Waals surface area contributed by atoms with Gasteiger partial charge in [0.2, 0.25) is 0 Å². The lowest BCUT2D eigenvalue weighted by Gasteiger charge is -2.35. The highest BCUT2D eigenvalue weighted by Gasteiger charge is 2.24. The van der Waals surface area contributed by atoms with Gasteiger partial charge >= 0.3 is 0 Å². The molecule has 46 heavy (non-hydrogen) atoms. The van der Waals surface area contributed by atoms with Gasteiger partial charge in [-0.15, -0.1) is 0 Å². The van der Waals surface area contributed by atoms with E-state index in [0.717, 1.165) is 50.5 Å². The van der Waals surface area contributed by atoms with Crippen molar-refractivity contribution >= 4 is 28.4 Å². The monoisotopic (exact) mass is 643 g/mol. The van der Waals surface area contributed by atoms with Gasteiger partial charge in [-0.3, -0.25) is 24.0 Å². The van der Waals surface area contributed by atoms with Gasteiger partial charge in [-0.2, -0.15) is 0 Å². The molecule has 0 atom stereocenters. The molecule has 3 aromatic carbocycles. The van der Waals surface area contributed by atoms with Crippen LogP contribution in [-0.4, -0.2) is 89.2 Å². The number of ether oxygens (including phenoxy) is 2. The smallest absolute Gasteiger partial charge is 0.266 e. The number of amides is 1. The molecule has 10 heteroatoms. The van der Waals surface area contributed by atoms with Crippen molar-refractivity contribution in [3.05, 3.63) is 99.1 Å². The first-order valence-electron chi connectivity index (χ1n) is 16.2. The van der Waals surface area contributed by atoms with E-state index in [-0.39, 0.29) is 18.1 Å². The van der Waals surface area contributed by atoms with E-state index in [0.29, 0.717) is 66.1 Å². The van der Waals surface area contributed by atoms with Gasteiger partial charge in [-0.25, -0.2) is 4.98 Å². The molecule has 9 nitrogen and oxygen atoms in total. The first-order valence-corrected chi connectivity index (χ1v) is 16.5. The number of piperazine rings is 1. The standard InChI is InChI=1S/C36H42ClN5O4/c1-26(2)21-28-22-27(23-40-17-19-45-20-18-40)7-12-33(28)42-34(38-32-6-4-3-5-31(32)36(42)44)24-39-13-15-41(16-14-39)35(43)25-46-30-10-8-29(37)9-11-30/h3-12,22,26H,13-21,23-25H2,1-2H3. The third kappa shape index (κ3) is 7.78. The molecule has 0 saturated carbocycles. The van der Waals surface area contributed by atoms with Crippen LogP contribution in [-0.2, 0) is 29.0 Å². The van der Waals surface area contributed by atoms with E-state index >= 15 is 0 Å². The number of morpholine rings is 1.